The van der Waals surface area contributed by atoms with E-state index in [9.17, 15) is 23.6 Å². The summed E-state index contributed by atoms with van der Waals surface area (Å²) >= 11 is 0. The maximum Gasteiger partial charge on any atom is 0.419 e. The number of rotatable bonds is 2. The smallest absolute Gasteiger partial charge is 0.419 e. The molecule has 2 heterocycles. The third-order valence-corrected chi connectivity index (χ3v) is 6.49. The van der Waals surface area contributed by atoms with Gasteiger partial charge in [-0.3, -0.25) is 0 Å². The van der Waals surface area contributed by atoms with Gasteiger partial charge in [0.25, 0.3) is 0 Å². The van der Waals surface area contributed by atoms with Crippen LogP contribution in [-0.2, 0) is 9.47 Å². The molecule has 7 nitrogen and oxygen atoms in total. The van der Waals surface area contributed by atoms with Gasteiger partial charge in [0, 0.05) is 18.5 Å². The van der Waals surface area contributed by atoms with Gasteiger partial charge in [0.1, 0.15) is 17.3 Å². The van der Waals surface area contributed by atoms with Crippen LogP contribution in [0.15, 0.2) is 36.4 Å². The normalized spacial score (nSPS) is 14.8. The first-order valence-electron chi connectivity index (χ1n) is 12.9. The van der Waals surface area contributed by atoms with Crippen LogP contribution in [0.25, 0.3) is 22.2 Å². The minimum Gasteiger partial charge on any atom is -0.444 e. The molecule has 0 unspecified atom stereocenters. The second kappa shape index (κ2) is 10.3. The Kier molecular flexibility index (Phi) is 7.44. The van der Waals surface area contributed by atoms with E-state index >= 15 is 0 Å². The molecule has 0 bridgehead atoms. The van der Waals surface area contributed by atoms with Crippen LogP contribution < -0.4 is 0 Å². The van der Waals surface area contributed by atoms with Crippen LogP contribution >= 0.6 is 0 Å². The molecule has 1 amide bonds. The fourth-order valence-corrected chi connectivity index (χ4v) is 4.77. The van der Waals surface area contributed by atoms with Crippen molar-refractivity contribution >= 4 is 23.1 Å². The number of nitrogens with zero attached hydrogens (tertiary/aromatic N) is 3. The average Bonchev–Trinajstić information content (AvgIpc) is 3.26. The zero-order chi connectivity index (χ0) is 28.7. The average molecular weight is 538 g/mol. The zero-order valence-electron chi connectivity index (χ0n) is 23.1. The van der Waals surface area contributed by atoms with Gasteiger partial charge in [-0.05, 0) is 83.6 Å². The highest BCUT2D eigenvalue weighted by molar-refractivity contribution is 5.99. The molecule has 1 aromatic heterocycles. The Morgan fingerprint density at radius 1 is 0.923 bits per heavy atom. The van der Waals surface area contributed by atoms with Crippen molar-refractivity contribution in [1.82, 2.24) is 9.47 Å². The Morgan fingerprint density at radius 3 is 2.03 bits per heavy atom. The molecule has 1 aliphatic heterocycles. The van der Waals surface area contributed by atoms with E-state index in [1.165, 1.54) is 6.07 Å². The van der Waals surface area contributed by atoms with Crippen LogP contribution in [0.3, 0.4) is 0 Å². The van der Waals surface area contributed by atoms with E-state index in [-0.39, 0.29) is 34.2 Å². The number of hydrogen-bond donors (Lipinski definition) is 0. The second-order valence-corrected chi connectivity index (χ2v) is 11.8. The van der Waals surface area contributed by atoms with Crippen LogP contribution in [0.1, 0.15) is 71.4 Å². The molecule has 0 aliphatic carbocycles. The van der Waals surface area contributed by atoms with E-state index in [1.54, 1.807) is 25.7 Å². The Morgan fingerprint density at radius 2 is 1.49 bits per heavy atom. The van der Waals surface area contributed by atoms with Crippen LogP contribution in [-0.4, -0.2) is 45.9 Å². The predicted octanol–water partition coefficient (Wildman–Crippen LogP) is 7.36. The SMILES string of the molecule is CC(C)(C)OC(=O)N1CCC(c2ccc(-c3cc4c(F)c(F)cc(C#N)c4n3C(=O)OC(C)(C)C)cc2)CC1. The Labute approximate surface area is 226 Å². The number of halogens is 2. The molecule has 1 aliphatic rings. The van der Waals surface area contributed by atoms with Gasteiger partial charge in [0.05, 0.1) is 16.8 Å². The van der Waals surface area contributed by atoms with E-state index in [2.05, 4.69) is 0 Å². The van der Waals surface area contributed by atoms with E-state index in [1.807, 2.05) is 51.1 Å². The quantitative estimate of drug-likeness (QED) is 0.341. The van der Waals surface area contributed by atoms with Gasteiger partial charge in [0.2, 0.25) is 0 Å². The summed E-state index contributed by atoms with van der Waals surface area (Å²) in [4.78, 5) is 27.4. The number of carbonyl (C=O) groups excluding carboxylic acids is 2. The van der Waals surface area contributed by atoms with Crippen molar-refractivity contribution in [2.24, 2.45) is 0 Å². The summed E-state index contributed by atoms with van der Waals surface area (Å²) in [5.41, 5.74) is 0.316. The van der Waals surface area contributed by atoms with Crippen LogP contribution in [0, 0.1) is 23.0 Å². The van der Waals surface area contributed by atoms with Crippen molar-refractivity contribution in [1.29, 1.82) is 5.26 Å². The van der Waals surface area contributed by atoms with Gasteiger partial charge in [-0.2, -0.15) is 5.26 Å². The van der Waals surface area contributed by atoms with Crippen molar-refractivity contribution in [3.63, 3.8) is 0 Å². The molecule has 2 aromatic carbocycles. The zero-order valence-corrected chi connectivity index (χ0v) is 23.1. The highest BCUT2D eigenvalue weighted by atomic mass is 19.2. The Bertz CT molecular complexity index is 1450. The summed E-state index contributed by atoms with van der Waals surface area (Å²) < 4.78 is 41.2. The van der Waals surface area contributed by atoms with Gasteiger partial charge in [-0.15, -0.1) is 0 Å². The molecule has 4 rings (SSSR count). The lowest BCUT2D eigenvalue weighted by molar-refractivity contribution is 0.0204. The molecule has 9 heteroatoms. The fraction of sp³-hybridized carbons (Fsp3) is 0.433. The van der Waals surface area contributed by atoms with E-state index in [0.717, 1.165) is 29.0 Å². The molecule has 39 heavy (non-hydrogen) atoms. The molecule has 0 saturated carbocycles. The second-order valence-electron chi connectivity index (χ2n) is 11.8. The lowest BCUT2D eigenvalue weighted by Crippen LogP contribution is -2.41. The van der Waals surface area contributed by atoms with E-state index in [0.29, 0.717) is 18.7 Å². The van der Waals surface area contributed by atoms with Crippen molar-refractivity contribution in [3.05, 3.63) is 59.2 Å². The fourth-order valence-electron chi connectivity index (χ4n) is 4.77. The van der Waals surface area contributed by atoms with Crippen LogP contribution in [0.5, 0.6) is 0 Å². The topological polar surface area (TPSA) is 84.6 Å². The number of benzene rings is 2. The summed E-state index contributed by atoms with van der Waals surface area (Å²) in [5, 5.41) is 9.45. The largest absolute Gasteiger partial charge is 0.444 e. The minimum atomic E-state index is -1.17. The summed E-state index contributed by atoms with van der Waals surface area (Å²) in [7, 11) is 0. The van der Waals surface area contributed by atoms with Gasteiger partial charge in [-0.1, -0.05) is 24.3 Å². The van der Waals surface area contributed by atoms with Gasteiger partial charge in [0.15, 0.2) is 11.6 Å². The van der Waals surface area contributed by atoms with Crippen molar-refractivity contribution in [2.75, 3.05) is 13.1 Å². The maximum atomic E-state index is 14.8. The standard InChI is InChI=1S/C30H33F2N3O4/c1-29(2,3)38-27(36)34-13-11-19(12-14-34)18-7-9-20(10-8-18)24-16-22-25(32)23(31)15-21(17-33)26(22)35(24)28(37)39-30(4,5)6/h7-10,15-16,19H,11-14H2,1-6H3. The number of fused-ring (bicyclic) bond motifs is 1. The summed E-state index contributed by atoms with van der Waals surface area (Å²) in [5.74, 6) is -2.08. The molecular weight excluding hydrogens is 504 g/mol. The molecule has 0 atom stereocenters. The third-order valence-electron chi connectivity index (χ3n) is 6.49. The maximum absolute atomic E-state index is 14.8. The number of carbonyl (C=O) groups is 2. The summed E-state index contributed by atoms with van der Waals surface area (Å²) in [6, 6.07) is 11.5. The first-order valence-corrected chi connectivity index (χ1v) is 12.9. The number of nitriles is 1. The molecule has 0 N–H and O–H groups in total. The number of piperidine rings is 1. The number of hydrogen-bond acceptors (Lipinski definition) is 5. The van der Waals surface area contributed by atoms with Crippen LogP contribution in [0.4, 0.5) is 18.4 Å². The molecule has 0 radical (unpaired) electrons. The monoisotopic (exact) mass is 537 g/mol. The number of aromatic nitrogens is 1. The van der Waals surface area contributed by atoms with E-state index < -0.39 is 28.9 Å². The minimum absolute atomic E-state index is 0.0424. The van der Waals surface area contributed by atoms with Crippen molar-refractivity contribution in [3.8, 4) is 17.3 Å². The molecular formula is C30H33F2N3O4. The number of likely N-dealkylation sites (tertiary alicyclic amines) is 1. The molecule has 1 saturated heterocycles. The number of amides is 1. The highest BCUT2D eigenvalue weighted by Gasteiger charge is 2.29. The van der Waals surface area contributed by atoms with Gasteiger partial charge >= 0.3 is 12.2 Å². The van der Waals surface area contributed by atoms with Crippen molar-refractivity contribution < 1.29 is 27.8 Å². The third kappa shape index (κ3) is 6.06. The van der Waals surface area contributed by atoms with Crippen molar-refractivity contribution in [2.45, 2.75) is 71.5 Å². The summed E-state index contributed by atoms with van der Waals surface area (Å²) in [6.45, 7) is 11.8. The first kappa shape index (κ1) is 28.1. The van der Waals surface area contributed by atoms with Gasteiger partial charge in [-0.25, -0.2) is 22.9 Å². The lowest BCUT2D eigenvalue weighted by atomic mass is 9.89. The molecule has 0 spiro atoms. The number of ether oxygens (including phenoxy) is 2. The summed E-state index contributed by atoms with van der Waals surface area (Å²) in [6.07, 6.45) is 0.430. The van der Waals surface area contributed by atoms with Crippen LogP contribution in [0.2, 0.25) is 0 Å². The molecule has 3 aromatic rings. The molecule has 1 fully saturated rings. The lowest BCUT2D eigenvalue weighted by Gasteiger charge is -2.33. The Balaban J connectivity index is 1.65. The predicted molar refractivity (Wildman–Crippen MR) is 143 cm³/mol. The Hall–Kier alpha value is -3.93. The van der Waals surface area contributed by atoms with E-state index in [4.69, 9.17) is 9.47 Å². The highest BCUT2D eigenvalue weighted by Crippen LogP contribution is 2.35. The first-order chi connectivity index (χ1) is 18.2. The molecule has 206 valence electrons. The van der Waals surface area contributed by atoms with Gasteiger partial charge < -0.3 is 14.4 Å².